The monoisotopic (exact) mass is 368 g/mol. The molecule has 0 aromatic heterocycles. The number of ketones is 2. The topological polar surface area (TPSA) is 59.0 Å². The Balaban J connectivity index is 1.66. The van der Waals surface area contributed by atoms with Gasteiger partial charge in [0, 0.05) is 44.1 Å². The van der Waals surface area contributed by atoms with Crippen LogP contribution in [0.3, 0.4) is 0 Å². The Morgan fingerprint density at radius 1 is 1.19 bits per heavy atom. The largest absolute Gasteiger partial charge is 0.378 e. The van der Waals surface area contributed by atoms with E-state index in [9.17, 15) is 9.59 Å². The number of Topliss-reactive ketones (excluding diaryl/α,β-unsaturated/α-hetero) is 1. The van der Waals surface area contributed by atoms with Crippen LogP contribution in [0.25, 0.3) is 0 Å². The number of nitrogens with zero attached hydrogens (tertiary/aromatic N) is 2. The van der Waals surface area contributed by atoms with Crippen LogP contribution >= 0.6 is 0 Å². The fourth-order valence-corrected chi connectivity index (χ4v) is 3.35. The SMILES string of the molecule is CC(C)(C)c1cccc(CC(=O)CC2=NC(N3CCOCC3)=CC(=O)C2)c1. The highest BCUT2D eigenvalue weighted by molar-refractivity contribution is 6.14. The molecule has 0 atom stereocenters. The minimum Gasteiger partial charge on any atom is -0.378 e. The Labute approximate surface area is 161 Å². The summed E-state index contributed by atoms with van der Waals surface area (Å²) in [5.41, 5.74) is 2.95. The molecule has 0 unspecified atom stereocenters. The average molecular weight is 368 g/mol. The number of carbonyl (C=O) groups excluding carboxylic acids is 2. The first-order chi connectivity index (χ1) is 12.8. The van der Waals surface area contributed by atoms with E-state index in [1.807, 2.05) is 12.1 Å². The lowest BCUT2D eigenvalue weighted by Gasteiger charge is -2.30. The van der Waals surface area contributed by atoms with Gasteiger partial charge in [-0.25, -0.2) is 4.99 Å². The second-order valence-corrected chi connectivity index (χ2v) is 8.27. The van der Waals surface area contributed by atoms with Gasteiger partial charge in [-0.15, -0.1) is 0 Å². The molecule has 5 nitrogen and oxygen atoms in total. The number of aliphatic imine (C=N–C) groups is 1. The van der Waals surface area contributed by atoms with Crippen molar-refractivity contribution < 1.29 is 14.3 Å². The molecule has 0 bridgehead atoms. The second kappa shape index (κ2) is 8.17. The lowest BCUT2D eigenvalue weighted by Crippen LogP contribution is -2.36. The zero-order valence-corrected chi connectivity index (χ0v) is 16.5. The summed E-state index contributed by atoms with van der Waals surface area (Å²) in [5.74, 6) is 0.784. The van der Waals surface area contributed by atoms with Crippen molar-refractivity contribution in [3.63, 3.8) is 0 Å². The smallest absolute Gasteiger partial charge is 0.164 e. The predicted molar refractivity (Wildman–Crippen MR) is 106 cm³/mol. The van der Waals surface area contributed by atoms with Crippen LogP contribution in [-0.2, 0) is 26.2 Å². The van der Waals surface area contributed by atoms with Crippen LogP contribution in [0.15, 0.2) is 41.2 Å². The van der Waals surface area contributed by atoms with E-state index in [0.29, 0.717) is 31.2 Å². The minimum atomic E-state index is 0.0176. The molecular weight excluding hydrogens is 340 g/mol. The molecule has 0 spiro atoms. The molecule has 1 saturated heterocycles. The number of rotatable bonds is 5. The van der Waals surface area contributed by atoms with Crippen molar-refractivity contribution in [1.82, 2.24) is 4.90 Å². The van der Waals surface area contributed by atoms with Crippen LogP contribution in [0.2, 0.25) is 0 Å². The molecule has 5 heteroatoms. The number of ether oxygens (including phenoxy) is 1. The van der Waals surface area contributed by atoms with Crippen molar-refractivity contribution >= 4 is 17.3 Å². The van der Waals surface area contributed by atoms with E-state index in [0.717, 1.165) is 18.7 Å². The Kier molecular flexibility index (Phi) is 5.90. The maximum absolute atomic E-state index is 12.6. The molecule has 1 aromatic rings. The third-order valence-corrected chi connectivity index (χ3v) is 4.87. The molecule has 2 aliphatic rings. The average Bonchev–Trinajstić information content (AvgIpc) is 2.61. The summed E-state index contributed by atoms with van der Waals surface area (Å²) >= 11 is 0. The first-order valence-corrected chi connectivity index (χ1v) is 9.56. The highest BCUT2D eigenvalue weighted by Gasteiger charge is 2.22. The summed E-state index contributed by atoms with van der Waals surface area (Å²) in [5, 5.41) is 0. The van der Waals surface area contributed by atoms with Crippen molar-refractivity contribution in [2.24, 2.45) is 4.99 Å². The van der Waals surface area contributed by atoms with Gasteiger partial charge < -0.3 is 9.64 Å². The first kappa shape index (κ1) is 19.5. The Morgan fingerprint density at radius 2 is 1.93 bits per heavy atom. The standard InChI is InChI=1S/C22H28N2O3/c1-22(2,3)17-6-4-5-16(11-17)12-19(25)13-18-14-20(26)15-21(23-18)24-7-9-27-10-8-24/h4-6,11,15H,7-10,12-14H2,1-3H3. The maximum Gasteiger partial charge on any atom is 0.164 e. The second-order valence-electron chi connectivity index (χ2n) is 8.27. The van der Waals surface area contributed by atoms with Gasteiger partial charge in [0.15, 0.2) is 5.78 Å². The molecule has 3 rings (SSSR count). The third-order valence-electron chi connectivity index (χ3n) is 4.87. The summed E-state index contributed by atoms with van der Waals surface area (Å²) in [4.78, 5) is 31.3. The van der Waals surface area contributed by atoms with Gasteiger partial charge >= 0.3 is 0 Å². The highest BCUT2D eigenvalue weighted by atomic mass is 16.5. The van der Waals surface area contributed by atoms with Crippen molar-refractivity contribution in [2.75, 3.05) is 26.3 Å². The van der Waals surface area contributed by atoms with Crippen LogP contribution in [0.1, 0.15) is 44.7 Å². The van der Waals surface area contributed by atoms with Gasteiger partial charge in [0.25, 0.3) is 0 Å². The van der Waals surface area contributed by atoms with Crippen molar-refractivity contribution in [1.29, 1.82) is 0 Å². The van der Waals surface area contributed by atoms with E-state index in [1.165, 1.54) is 5.56 Å². The zero-order valence-electron chi connectivity index (χ0n) is 16.5. The van der Waals surface area contributed by atoms with E-state index in [-0.39, 0.29) is 29.8 Å². The third kappa shape index (κ3) is 5.36. The number of hydrogen-bond donors (Lipinski definition) is 0. The summed E-state index contributed by atoms with van der Waals surface area (Å²) in [6.45, 7) is 9.22. The van der Waals surface area contributed by atoms with Gasteiger partial charge in [-0.05, 0) is 16.5 Å². The van der Waals surface area contributed by atoms with Gasteiger partial charge in [-0.2, -0.15) is 0 Å². The van der Waals surface area contributed by atoms with E-state index < -0.39 is 0 Å². The molecular formula is C22H28N2O3. The lowest BCUT2D eigenvalue weighted by atomic mass is 9.85. The molecule has 27 heavy (non-hydrogen) atoms. The Hall–Kier alpha value is -2.27. The molecule has 1 aromatic carbocycles. The van der Waals surface area contributed by atoms with Gasteiger partial charge in [0.1, 0.15) is 11.6 Å². The maximum atomic E-state index is 12.6. The quantitative estimate of drug-likeness (QED) is 0.801. The fraction of sp³-hybridized carbons (Fsp3) is 0.500. The molecule has 2 heterocycles. The molecule has 0 amide bonds. The summed E-state index contributed by atoms with van der Waals surface area (Å²) in [6.07, 6.45) is 2.43. The zero-order chi connectivity index (χ0) is 19.4. The Morgan fingerprint density at radius 3 is 2.63 bits per heavy atom. The van der Waals surface area contributed by atoms with Gasteiger partial charge in [-0.1, -0.05) is 45.0 Å². The first-order valence-electron chi connectivity index (χ1n) is 9.56. The number of carbonyl (C=O) groups is 2. The Bertz CT molecular complexity index is 781. The molecule has 0 aliphatic carbocycles. The van der Waals surface area contributed by atoms with E-state index in [4.69, 9.17) is 4.74 Å². The van der Waals surface area contributed by atoms with Crippen LogP contribution < -0.4 is 0 Å². The number of allylic oxidation sites excluding steroid dienone is 1. The lowest BCUT2D eigenvalue weighted by molar-refractivity contribution is -0.117. The number of benzene rings is 1. The molecule has 1 fully saturated rings. The number of hydrogen-bond acceptors (Lipinski definition) is 5. The van der Waals surface area contributed by atoms with Crippen molar-refractivity contribution in [3.8, 4) is 0 Å². The van der Waals surface area contributed by atoms with E-state index in [1.54, 1.807) is 6.08 Å². The van der Waals surface area contributed by atoms with Crippen molar-refractivity contribution in [2.45, 2.75) is 45.4 Å². The molecule has 0 N–H and O–H groups in total. The van der Waals surface area contributed by atoms with E-state index in [2.05, 4.69) is 42.8 Å². The summed E-state index contributed by atoms with van der Waals surface area (Å²) < 4.78 is 5.35. The highest BCUT2D eigenvalue weighted by Crippen LogP contribution is 2.23. The minimum absolute atomic E-state index is 0.0176. The van der Waals surface area contributed by atoms with Gasteiger partial charge in [0.05, 0.1) is 13.2 Å². The normalized spacial score (nSPS) is 18.2. The van der Waals surface area contributed by atoms with Crippen LogP contribution in [0.4, 0.5) is 0 Å². The summed E-state index contributed by atoms with van der Waals surface area (Å²) in [7, 11) is 0. The van der Waals surface area contributed by atoms with Crippen LogP contribution in [0.5, 0.6) is 0 Å². The fourth-order valence-electron chi connectivity index (χ4n) is 3.35. The molecule has 0 radical (unpaired) electrons. The van der Waals surface area contributed by atoms with E-state index >= 15 is 0 Å². The molecule has 0 saturated carbocycles. The summed E-state index contributed by atoms with van der Waals surface area (Å²) in [6, 6.07) is 8.19. The number of morpholine rings is 1. The van der Waals surface area contributed by atoms with Gasteiger partial charge in [0.2, 0.25) is 0 Å². The van der Waals surface area contributed by atoms with Gasteiger partial charge in [-0.3, -0.25) is 9.59 Å². The van der Waals surface area contributed by atoms with Crippen molar-refractivity contribution in [3.05, 3.63) is 47.3 Å². The molecule has 144 valence electrons. The predicted octanol–water partition coefficient (Wildman–Crippen LogP) is 3.07. The van der Waals surface area contributed by atoms with Crippen LogP contribution in [0, 0.1) is 0 Å². The molecule has 2 aliphatic heterocycles. The van der Waals surface area contributed by atoms with Crippen LogP contribution in [-0.4, -0.2) is 48.5 Å².